The van der Waals surface area contributed by atoms with Crippen LogP contribution < -0.4 is 5.32 Å². The molecule has 0 spiro atoms. The minimum atomic E-state index is 0.614. The highest BCUT2D eigenvalue weighted by Gasteiger charge is 2.37. The smallest absolute Gasteiger partial charge is 0.00102 e. The van der Waals surface area contributed by atoms with Crippen molar-refractivity contribution in [2.75, 3.05) is 13.1 Å². The lowest BCUT2D eigenvalue weighted by Crippen LogP contribution is -2.39. The predicted octanol–water partition coefficient (Wildman–Crippen LogP) is 4.37. The average Bonchev–Trinajstić information content (AvgIpc) is 2.84. The number of hydrogen-bond acceptors (Lipinski definition) is 1. The standard InChI is InChI=1S/C15H31N/c1-4-7-12-15(5-2,13-16-6-3)14-10-8-9-11-14/h14,16H,4-13H2,1-3H3. The first-order chi connectivity index (χ1) is 7.79. The molecule has 0 aromatic rings. The largest absolute Gasteiger partial charge is 0.316 e. The Kier molecular flexibility index (Phi) is 6.41. The maximum atomic E-state index is 3.63. The van der Waals surface area contributed by atoms with E-state index in [1.165, 1.54) is 57.9 Å². The first kappa shape index (κ1) is 14.0. The SMILES string of the molecule is CCCCC(CC)(CNCC)C1CCCC1. The van der Waals surface area contributed by atoms with Crippen molar-refractivity contribution in [3.8, 4) is 0 Å². The van der Waals surface area contributed by atoms with E-state index in [4.69, 9.17) is 0 Å². The Morgan fingerprint density at radius 3 is 2.31 bits per heavy atom. The third kappa shape index (κ3) is 3.48. The Labute approximate surface area is 102 Å². The van der Waals surface area contributed by atoms with Crippen LogP contribution in [0, 0.1) is 11.3 Å². The topological polar surface area (TPSA) is 12.0 Å². The summed E-state index contributed by atoms with van der Waals surface area (Å²) in [5, 5.41) is 3.63. The zero-order valence-corrected chi connectivity index (χ0v) is 11.6. The van der Waals surface area contributed by atoms with Gasteiger partial charge in [-0.05, 0) is 43.6 Å². The molecule has 1 atom stereocenters. The van der Waals surface area contributed by atoms with E-state index in [2.05, 4.69) is 26.1 Å². The van der Waals surface area contributed by atoms with E-state index in [0.717, 1.165) is 12.5 Å². The number of hydrogen-bond donors (Lipinski definition) is 1. The lowest BCUT2D eigenvalue weighted by Gasteiger charge is -2.39. The Balaban J connectivity index is 2.61. The Morgan fingerprint density at radius 1 is 1.12 bits per heavy atom. The van der Waals surface area contributed by atoms with Crippen LogP contribution in [0.1, 0.15) is 72.1 Å². The normalized spacial score (nSPS) is 21.2. The van der Waals surface area contributed by atoms with Gasteiger partial charge in [-0.2, -0.15) is 0 Å². The van der Waals surface area contributed by atoms with Crippen molar-refractivity contribution in [3.63, 3.8) is 0 Å². The minimum Gasteiger partial charge on any atom is -0.316 e. The molecule has 1 rings (SSSR count). The predicted molar refractivity (Wildman–Crippen MR) is 72.8 cm³/mol. The highest BCUT2D eigenvalue weighted by Crippen LogP contribution is 2.45. The highest BCUT2D eigenvalue weighted by atomic mass is 14.9. The fourth-order valence-electron chi connectivity index (χ4n) is 3.47. The van der Waals surface area contributed by atoms with E-state index in [1.54, 1.807) is 0 Å². The third-order valence-corrected chi connectivity index (χ3v) is 4.68. The van der Waals surface area contributed by atoms with E-state index >= 15 is 0 Å². The van der Waals surface area contributed by atoms with Crippen molar-refractivity contribution >= 4 is 0 Å². The van der Waals surface area contributed by atoms with Gasteiger partial charge in [0.25, 0.3) is 0 Å². The van der Waals surface area contributed by atoms with Gasteiger partial charge in [0, 0.05) is 6.54 Å². The van der Waals surface area contributed by atoms with Crippen molar-refractivity contribution < 1.29 is 0 Å². The number of rotatable bonds is 8. The number of nitrogens with one attached hydrogen (secondary N) is 1. The average molecular weight is 225 g/mol. The van der Waals surface area contributed by atoms with Gasteiger partial charge in [-0.15, -0.1) is 0 Å². The molecule has 1 aliphatic carbocycles. The summed E-state index contributed by atoms with van der Waals surface area (Å²) in [6.07, 6.45) is 11.5. The molecule has 1 aliphatic rings. The van der Waals surface area contributed by atoms with Crippen LogP contribution in [0.5, 0.6) is 0 Å². The molecule has 0 heterocycles. The minimum absolute atomic E-state index is 0.614. The van der Waals surface area contributed by atoms with Crippen molar-refractivity contribution in [1.29, 1.82) is 0 Å². The summed E-state index contributed by atoms with van der Waals surface area (Å²) in [5.74, 6) is 1.00. The van der Waals surface area contributed by atoms with Crippen molar-refractivity contribution in [3.05, 3.63) is 0 Å². The van der Waals surface area contributed by atoms with Crippen LogP contribution in [0.25, 0.3) is 0 Å². The lowest BCUT2D eigenvalue weighted by atomic mass is 9.69. The first-order valence-electron chi connectivity index (χ1n) is 7.49. The van der Waals surface area contributed by atoms with Gasteiger partial charge < -0.3 is 5.32 Å². The zero-order chi connectivity index (χ0) is 11.9. The molecule has 0 aliphatic heterocycles. The van der Waals surface area contributed by atoms with E-state index in [9.17, 15) is 0 Å². The maximum absolute atomic E-state index is 3.63. The first-order valence-corrected chi connectivity index (χ1v) is 7.49. The van der Waals surface area contributed by atoms with Crippen LogP contribution in [0.4, 0.5) is 0 Å². The van der Waals surface area contributed by atoms with E-state index < -0.39 is 0 Å². The second kappa shape index (κ2) is 7.32. The van der Waals surface area contributed by atoms with Gasteiger partial charge >= 0.3 is 0 Å². The van der Waals surface area contributed by atoms with Gasteiger partial charge in [-0.3, -0.25) is 0 Å². The summed E-state index contributed by atoms with van der Waals surface area (Å²) >= 11 is 0. The fraction of sp³-hybridized carbons (Fsp3) is 1.00. The molecular weight excluding hydrogens is 194 g/mol. The Bertz CT molecular complexity index is 162. The van der Waals surface area contributed by atoms with E-state index in [0.29, 0.717) is 5.41 Å². The van der Waals surface area contributed by atoms with Gasteiger partial charge in [0.1, 0.15) is 0 Å². The molecule has 0 saturated heterocycles. The van der Waals surface area contributed by atoms with Crippen LogP contribution in [0.2, 0.25) is 0 Å². The van der Waals surface area contributed by atoms with Gasteiger partial charge in [-0.25, -0.2) is 0 Å². The van der Waals surface area contributed by atoms with Crippen molar-refractivity contribution in [1.82, 2.24) is 5.32 Å². The van der Waals surface area contributed by atoms with E-state index in [1.807, 2.05) is 0 Å². The summed E-state index contributed by atoms with van der Waals surface area (Å²) in [6.45, 7) is 9.34. The summed E-state index contributed by atoms with van der Waals surface area (Å²) in [7, 11) is 0. The zero-order valence-electron chi connectivity index (χ0n) is 11.6. The number of unbranched alkanes of at least 4 members (excludes halogenated alkanes) is 1. The molecular formula is C15H31N. The monoisotopic (exact) mass is 225 g/mol. The summed E-state index contributed by atoms with van der Waals surface area (Å²) in [5.41, 5.74) is 0.614. The molecule has 1 fully saturated rings. The second-order valence-corrected chi connectivity index (χ2v) is 5.58. The van der Waals surface area contributed by atoms with Gasteiger partial charge in [0.05, 0.1) is 0 Å². The maximum Gasteiger partial charge on any atom is 0.00102 e. The Morgan fingerprint density at radius 2 is 1.81 bits per heavy atom. The van der Waals surface area contributed by atoms with Gasteiger partial charge in [0.2, 0.25) is 0 Å². The quantitative estimate of drug-likeness (QED) is 0.646. The third-order valence-electron chi connectivity index (χ3n) is 4.68. The van der Waals surface area contributed by atoms with E-state index in [-0.39, 0.29) is 0 Å². The van der Waals surface area contributed by atoms with Crippen LogP contribution >= 0.6 is 0 Å². The van der Waals surface area contributed by atoms with Gasteiger partial charge in [-0.1, -0.05) is 46.5 Å². The molecule has 1 unspecified atom stereocenters. The molecule has 0 radical (unpaired) electrons. The molecule has 1 N–H and O–H groups in total. The molecule has 16 heavy (non-hydrogen) atoms. The molecule has 96 valence electrons. The summed E-state index contributed by atoms with van der Waals surface area (Å²) < 4.78 is 0. The summed E-state index contributed by atoms with van der Waals surface area (Å²) in [6, 6.07) is 0. The molecule has 0 aromatic carbocycles. The molecule has 0 amide bonds. The van der Waals surface area contributed by atoms with Gasteiger partial charge in [0.15, 0.2) is 0 Å². The lowest BCUT2D eigenvalue weighted by molar-refractivity contribution is 0.131. The molecule has 1 nitrogen and oxygen atoms in total. The molecule has 0 aromatic heterocycles. The molecule has 0 bridgehead atoms. The highest BCUT2D eigenvalue weighted by molar-refractivity contribution is 4.89. The van der Waals surface area contributed by atoms with Crippen LogP contribution in [0.3, 0.4) is 0 Å². The second-order valence-electron chi connectivity index (χ2n) is 5.58. The molecule has 1 heteroatoms. The van der Waals surface area contributed by atoms with Crippen LogP contribution in [0.15, 0.2) is 0 Å². The van der Waals surface area contributed by atoms with Crippen LogP contribution in [-0.4, -0.2) is 13.1 Å². The summed E-state index contributed by atoms with van der Waals surface area (Å²) in [4.78, 5) is 0. The van der Waals surface area contributed by atoms with Crippen molar-refractivity contribution in [2.45, 2.75) is 72.1 Å². The fourth-order valence-corrected chi connectivity index (χ4v) is 3.47. The molecule has 1 saturated carbocycles. The van der Waals surface area contributed by atoms with Crippen LogP contribution in [-0.2, 0) is 0 Å². The Hall–Kier alpha value is -0.0400. The van der Waals surface area contributed by atoms with Crippen molar-refractivity contribution in [2.24, 2.45) is 11.3 Å².